The van der Waals surface area contributed by atoms with Gasteiger partial charge in [-0.25, -0.2) is 12.7 Å². The smallest absolute Gasteiger partial charge is 0.223 e. The molecule has 1 fully saturated rings. The van der Waals surface area contributed by atoms with Crippen LogP contribution in [0.2, 0.25) is 0 Å². The van der Waals surface area contributed by atoms with Gasteiger partial charge >= 0.3 is 0 Å². The van der Waals surface area contributed by atoms with Gasteiger partial charge in [-0.3, -0.25) is 4.79 Å². The molecule has 0 aliphatic carbocycles. The SMILES string of the molecule is CN1CCc2cc([C@@H](O)CNC(=O)C3CCN(S(C)(=O)=O)CC3)ccc21. The first-order chi connectivity index (χ1) is 12.3. The molecule has 8 heteroatoms. The fraction of sp³-hybridized carbons (Fsp3) is 0.611. The maximum absolute atomic E-state index is 12.3. The van der Waals surface area contributed by atoms with E-state index in [0.29, 0.717) is 25.9 Å². The van der Waals surface area contributed by atoms with Crippen LogP contribution in [0, 0.1) is 5.92 Å². The van der Waals surface area contributed by atoms with Crippen LogP contribution in [0.1, 0.15) is 30.1 Å². The van der Waals surface area contributed by atoms with Gasteiger partial charge in [0.25, 0.3) is 0 Å². The van der Waals surface area contributed by atoms with Crippen molar-refractivity contribution in [1.29, 1.82) is 0 Å². The van der Waals surface area contributed by atoms with Crippen molar-refractivity contribution >= 4 is 21.6 Å². The zero-order valence-corrected chi connectivity index (χ0v) is 16.1. The Kier molecular flexibility index (Phi) is 5.55. The summed E-state index contributed by atoms with van der Waals surface area (Å²) in [7, 11) is -1.13. The van der Waals surface area contributed by atoms with Crippen LogP contribution in [0.15, 0.2) is 18.2 Å². The Balaban J connectivity index is 1.50. The molecule has 0 bridgehead atoms. The highest BCUT2D eigenvalue weighted by Gasteiger charge is 2.29. The molecule has 2 aliphatic heterocycles. The van der Waals surface area contributed by atoms with E-state index in [0.717, 1.165) is 18.5 Å². The van der Waals surface area contributed by atoms with Gasteiger partial charge in [0.1, 0.15) is 0 Å². The number of hydrogen-bond acceptors (Lipinski definition) is 5. The minimum Gasteiger partial charge on any atom is -0.387 e. The zero-order valence-electron chi connectivity index (χ0n) is 15.3. The number of rotatable bonds is 5. The van der Waals surface area contributed by atoms with Gasteiger partial charge in [-0.1, -0.05) is 12.1 Å². The molecule has 1 aromatic rings. The molecule has 26 heavy (non-hydrogen) atoms. The zero-order chi connectivity index (χ0) is 18.9. The van der Waals surface area contributed by atoms with Crippen molar-refractivity contribution in [3.63, 3.8) is 0 Å². The summed E-state index contributed by atoms with van der Waals surface area (Å²) in [5, 5.41) is 13.2. The van der Waals surface area contributed by atoms with Crippen molar-refractivity contribution in [2.45, 2.75) is 25.4 Å². The Bertz CT molecular complexity index is 773. The molecule has 0 unspecified atom stereocenters. The van der Waals surface area contributed by atoms with Crippen molar-refractivity contribution in [3.8, 4) is 0 Å². The summed E-state index contributed by atoms with van der Waals surface area (Å²) in [5.41, 5.74) is 3.23. The number of amides is 1. The minimum absolute atomic E-state index is 0.113. The Morgan fingerprint density at radius 3 is 2.65 bits per heavy atom. The number of nitrogens with one attached hydrogen (secondary N) is 1. The summed E-state index contributed by atoms with van der Waals surface area (Å²) in [6, 6.07) is 5.94. The standard InChI is InChI=1S/C18H27N3O4S/c1-20-8-5-14-11-15(3-4-16(14)20)17(22)12-19-18(23)13-6-9-21(10-7-13)26(2,24)25/h3-4,11,13,17,22H,5-10,12H2,1-2H3,(H,19,23)/t17-/m0/s1. The molecule has 1 atom stereocenters. The molecule has 3 rings (SSSR count). The first kappa shape index (κ1) is 19.1. The van der Waals surface area contributed by atoms with Crippen LogP contribution in [0.4, 0.5) is 5.69 Å². The number of piperidine rings is 1. The fourth-order valence-corrected chi connectivity index (χ4v) is 4.58. The number of fused-ring (bicyclic) bond motifs is 1. The summed E-state index contributed by atoms with van der Waals surface area (Å²) in [4.78, 5) is 14.5. The number of aliphatic hydroxyl groups excluding tert-OH is 1. The minimum atomic E-state index is -3.19. The monoisotopic (exact) mass is 381 g/mol. The van der Waals surface area contributed by atoms with E-state index in [9.17, 15) is 18.3 Å². The van der Waals surface area contributed by atoms with Gasteiger partial charge in [0.05, 0.1) is 12.4 Å². The first-order valence-corrected chi connectivity index (χ1v) is 10.9. The number of hydrogen-bond donors (Lipinski definition) is 2. The van der Waals surface area contributed by atoms with Gasteiger partial charge in [-0.05, 0) is 36.5 Å². The lowest BCUT2D eigenvalue weighted by Crippen LogP contribution is -2.43. The summed E-state index contributed by atoms with van der Waals surface area (Å²) in [6.07, 6.45) is 2.45. The second kappa shape index (κ2) is 7.54. The van der Waals surface area contributed by atoms with Crippen LogP contribution in [0.25, 0.3) is 0 Å². The van der Waals surface area contributed by atoms with Gasteiger partial charge in [0, 0.05) is 44.8 Å². The molecule has 0 radical (unpaired) electrons. The number of carbonyl (C=O) groups is 1. The van der Waals surface area contributed by atoms with Crippen LogP contribution in [0.3, 0.4) is 0 Å². The van der Waals surface area contributed by atoms with Crippen LogP contribution in [-0.2, 0) is 21.2 Å². The van der Waals surface area contributed by atoms with E-state index in [1.165, 1.54) is 21.8 Å². The average molecular weight is 381 g/mol. The molecule has 2 N–H and O–H groups in total. The van der Waals surface area contributed by atoms with E-state index in [4.69, 9.17) is 0 Å². The Morgan fingerprint density at radius 2 is 2.00 bits per heavy atom. The molecule has 2 heterocycles. The summed E-state index contributed by atoms with van der Waals surface area (Å²) in [5.74, 6) is -0.313. The molecule has 1 amide bonds. The van der Waals surface area contributed by atoms with Crippen molar-refractivity contribution < 1.29 is 18.3 Å². The third-order valence-electron chi connectivity index (χ3n) is 5.38. The number of likely N-dealkylation sites (N-methyl/N-ethyl adjacent to an activating group) is 1. The second-order valence-corrected chi connectivity index (χ2v) is 9.24. The molecular formula is C18H27N3O4S. The highest BCUT2D eigenvalue weighted by atomic mass is 32.2. The van der Waals surface area contributed by atoms with Crippen LogP contribution in [-0.4, -0.2) is 63.2 Å². The summed E-state index contributed by atoms with van der Waals surface area (Å²) < 4.78 is 24.5. The first-order valence-electron chi connectivity index (χ1n) is 9.00. The topological polar surface area (TPSA) is 89.9 Å². The fourth-order valence-electron chi connectivity index (χ4n) is 3.70. The summed E-state index contributed by atoms with van der Waals surface area (Å²) >= 11 is 0. The highest BCUT2D eigenvalue weighted by Crippen LogP contribution is 2.29. The lowest BCUT2D eigenvalue weighted by Gasteiger charge is -2.29. The Labute approximate surface area is 155 Å². The second-order valence-electron chi connectivity index (χ2n) is 7.26. The van der Waals surface area contributed by atoms with E-state index in [1.807, 2.05) is 18.2 Å². The number of anilines is 1. The third kappa shape index (κ3) is 4.19. The molecule has 1 saturated heterocycles. The summed E-state index contributed by atoms with van der Waals surface area (Å²) in [6.45, 7) is 1.90. The van der Waals surface area contributed by atoms with Crippen molar-refractivity contribution in [2.75, 3.05) is 44.4 Å². The number of sulfonamides is 1. The van der Waals surface area contributed by atoms with E-state index in [1.54, 1.807) is 0 Å². The Morgan fingerprint density at radius 1 is 1.31 bits per heavy atom. The third-order valence-corrected chi connectivity index (χ3v) is 6.68. The van der Waals surface area contributed by atoms with Crippen LogP contribution in [0.5, 0.6) is 0 Å². The largest absolute Gasteiger partial charge is 0.387 e. The number of benzene rings is 1. The van der Waals surface area contributed by atoms with Crippen LogP contribution < -0.4 is 10.2 Å². The van der Waals surface area contributed by atoms with Crippen molar-refractivity contribution in [1.82, 2.24) is 9.62 Å². The predicted molar refractivity (Wildman–Crippen MR) is 101 cm³/mol. The number of carbonyl (C=O) groups excluding carboxylic acids is 1. The number of nitrogens with zero attached hydrogens (tertiary/aromatic N) is 2. The van der Waals surface area contributed by atoms with Crippen molar-refractivity contribution in [3.05, 3.63) is 29.3 Å². The molecule has 1 aromatic carbocycles. The van der Waals surface area contributed by atoms with Gasteiger partial charge in [-0.15, -0.1) is 0 Å². The van der Waals surface area contributed by atoms with Gasteiger partial charge in [0.15, 0.2) is 0 Å². The van der Waals surface area contributed by atoms with E-state index < -0.39 is 16.1 Å². The van der Waals surface area contributed by atoms with E-state index in [-0.39, 0.29) is 18.4 Å². The van der Waals surface area contributed by atoms with E-state index in [2.05, 4.69) is 17.3 Å². The molecule has 0 aromatic heterocycles. The molecule has 0 spiro atoms. The number of aliphatic hydroxyl groups is 1. The predicted octanol–water partition coefficient (Wildman–Crippen LogP) is 0.500. The molecule has 0 saturated carbocycles. The lowest BCUT2D eigenvalue weighted by molar-refractivity contribution is -0.126. The van der Waals surface area contributed by atoms with Crippen molar-refractivity contribution in [2.24, 2.45) is 5.92 Å². The molecular weight excluding hydrogens is 354 g/mol. The quantitative estimate of drug-likeness (QED) is 0.775. The lowest BCUT2D eigenvalue weighted by atomic mass is 9.97. The molecule has 7 nitrogen and oxygen atoms in total. The molecule has 144 valence electrons. The van der Waals surface area contributed by atoms with Crippen LogP contribution >= 0.6 is 0 Å². The van der Waals surface area contributed by atoms with Gasteiger partial charge in [0.2, 0.25) is 15.9 Å². The molecule has 2 aliphatic rings. The normalized spacial score (nSPS) is 20.0. The maximum atomic E-state index is 12.3. The maximum Gasteiger partial charge on any atom is 0.223 e. The van der Waals surface area contributed by atoms with Gasteiger partial charge in [-0.2, -0.15) is 0 Å². The highest BCUT2D eigenvalue weighted by molar-refractivity contribution is 7.88. The van der Waals surface area contributed by atoms with Gasteiger partial charge < -0.3 is 15.3 Å². The average Bonchev–Trinajstić information content (AvgIpc) is 2.99. The Hall–Kier alpha value is -1.64. The van der Waals surface area contributed by atoms with E-state index >= 15 is 0 Å².